The molecule has 2 fully saturated rings. The lowest BCUT2D eigenvalue weighted by atomic mass is 9.76. The molecule has 1 aromatic rings. The lowest BCUT2D eigenvalue weighted by Crippen LogP contribution is -2.16. The van der Waals surface area contributed by atoms with Gasteiger partial charge in [0.15, 0.2) is 0 Å². The van der Waals surface area contributed by atoms with Crippen LogP contribution in [0, 0.1) is 17.8 Å². The van der Waals surface area contributed by atoms with Crippen LogP contribution < -0.4 is 0 Å². The van der Waals surface area contributed by atoms with Gasteiger partial charge in [-0.15, -0.1) is 0 Å². The predicted octanol–water partition coefficient (Wildman–Crippen LogP) is 8.69. The second-order valence-corrected chi connectivity index (χ2v) is 9.83. The van der Waals surface area contributed by atoms with Crippen molar-refractivity contribution in [2.45, 2.75) is 116 Å². The molecule has 0 atom stereocenters. The molecule has 2 aliphatic rings. The van der Waals surface area contributed by atoms with E-state index in [2.05, 4.69) is 38.1 Å². The molecule has 1 aromatic carbocycles. The number of rotatable bonds is 9. The van der Waals surface area contributed by atoms with Crippen LogP contribution in [0.1, 0.15) is 121 Å². The molecule has 0 aliphatic heterocycles. The number of hydrogen-bond acceptors (Lipinski definition) is 0. The van der Waals surface area contributed by atoms with Gasteiger partial charge in [0.1, 0.15) is 0 Å². The third-order valence-corrected chi connectivity index (χ3v) is 7.70. The third-order valence-electron chi connectivity index (χ3n) is 7.70. The summed E-state index contributed by atoms with van der Waals surface area (Å²) in [5, 5.41) is 0. The Morgan fingerprint density at radius 1 is 0.630 bits per heavy atom. The fourth-order valence-electron chi connectivity index (χ4n) is 5.86. The highest BCUT2D eigenvalue weighted by Crippen LogP contribution is 2.38. The molecule has 152 valence electrons. The molecule has 0 bridgehead atoms. The number of hydrogen-bond donors (Lipinski definition) is 0. The van der Waals surface area contributed by atoms with Crippen LogP contribution in [0.25, 0.3) is 0 Å². The summed E-state index contributed by atoms with van der Waals surface area (Å²) in [6.07, 6.45) is 21.6. The van der Waals surface area contributed by atoms with Crippen molar-refractivity contribution in [3.05, 3.63) is 35.4 Å². The number of benzene rings is 1. The van der Waals surface area contributed by atoms with E-state index in [1.165, 1.54) is 96.3 Å². The lowest BCUT2D eigenvalue weighted by Gasteiger charge is -2.29. The maximum atomic E-state index is 2.47. The van der Waals surface area contributed by atoms with E-state index in [0.29, 0.717) is 0 Å². The van der Waals surface area contributed by atoms with E-state index < -0.39 is 0 Å². The highest BCUT2D eigenvalue weighted by molar-refractivity contribution is 5.26. The molecule has 2 aliphatic carbocycles. The average molecular weight is 369 g/mol. The van der Waals surface area contributed by atoms with Gasteiger partial charge in [-0.05, 0) is 79.7 Å². The van der Waals surface area contributed by atoms with Gasteiger partial charge in [-0.2, -0.15) is 0 Å². The van der Waals surface area contributed by atoms with Crippen molar-refractivity contribution in [3.8, 4) is 0 Å². The van der Waals surface area contributed by atoms with Gasteiger partial charge in [-0.1, -0.05) is 89.5 Å². The van der Waals surface area contributed by atoms with Crippen LogP contribution in [0.2, 0.25) is 0 Å². The van der Waals surface area contributed by atoms with Crippen LogP contribution in [0.15, 0.2) is 24.3 Å². The number of unbranched alkanes of at least 4 members (excludes halogenated alkanes) is 2. The van der Waals surface area contributed by atoms with E-state index in [0.717, 1.165) is 23.7 Å². The van der Waals surface area contributed by atoms with Crippen LogP contribution in [-0.2, 0) is 6.42 Å². The first-order valence-electron chi connectivity index (χ1n) is 12.4. The average Bonchev–Trinajstić information content (AvgIpc) is 2.71. The van der Waals surface area contributed by atoms with E-state index in [1.54, 1.807) is 11.1 Å². The van der Waals surface area contributed by atoms with Crippen LogP contribution in [0.4, 0.5) is 0 Å². The Morgan fingerprint density at radius 2 is 1.22 bits per heavy atom. The Hall–Kier alpha value is -0.780. The molecule has 3 rings (SSSR count). The molecule has 0 aromatic heterocycles. The van der Waals surface area contributed by atoms with Crippen LogP contribution in [0.3, 0.4) is 0 Å². The first-order chi connectivity index (χ1) is 13.3. The highest BCUT2D eigenvalue weighted by Gasteiger charge is 2.23. The fourth-order valence-corrected chi connectivity index (χ4v) is 5.86. The molecule has 0 N–H and O–H groups in total. The van der Waals surface area contributed by atoms with Crippen LogP contribution in [-0.4, -0.2) is 0 Å². The van der Waals surface area contributed by atoms with Crippen molar-refractivity contribution >= 4 is 0 Å². The summed E-state index contributed by atoms with van der Waals surface area (Å²) in [5.41, 5.74) is 3.21. The molecule has 27 heavy (non-hydrogen) atoms. The van der Waals surface area contributed by atoms with Crippen molar-refractivity contribution in [2.24, 2.45) is 17.8 Å². The van der Waals surface area contributed by atoms with E-state index in [-0.39, 0.29) is 0 Å². The minimum atomic E-state index is 0.839. The zero-order valence-electron chi connectivity index (χ0n) is 18.2. The van der Waals surface area contributed by atoms with Gasteiger partial charge >= 0.3 is 0 Å². The van der Waals surface area contributed by atoms with Gasteiger partial charge in [0, 0.05) is 0 Å². The first-order valence-corrected chi connectivity index (χ1v) is 12.4. The maximum absolute atomic E-state index is 2.47. The zero-order chi connectivity index (χ0) is 18.9. The Balaban J connectivity index is 1.40. The highest BCUT2D eigenvalue weighted by atomic mass is 14.3. The Morgan fingerprint density at radius 3 is 1.85 bits per heavy atom. The van der Waals surface area contributed by atoms with E-state index in [9.17, 15) is 0 Å². The van der Waals surface area contributed by atoms with Crippen molar-refractivity contribution in [2.75, 3.05) is 0 Å². The van der Waals surface area contributed by atoms with Gasteiger partial charge in [0.25, 0.3) is 0 Å². The van der Waals surface area contributed by atoms with Crippen molar-refractivity contribution in [1.29, 1.82) is 0 Å². The molecule has 0 radical (unpaired) electrons. The molecule has 2 saturated carbocycles. The summed E-state index contributed by atoms with van der Waals surface area (Å²) >= 11 is 0. The predicted molar refractivity (Wildman–Crippen MR) is 119 cm³/mol. The molecular weight excluding hydrogens is 324 g/mol. The molecule has 0 nitrogen and oxygen atoms in total. The summed E-state index contributed by atoms with van der Waals surface area (Å²) in [6.45, 7) is 4.66. The topological polar surface area (TPSA) is 0 Å². The quantitative estimate of drug-likeness (QED) is 0.382. The van der Waals surface area contributed by atoms with E-state index >= 15 is 0 Å². The van der Waals surface area contributed by atoms with Gasteiger partial charge < -0.3 is 0 Å². The van der Waals surface area contributed by atoms with Crippen LogP contribution >= 0.6 is 0 Å². The van der Waals surface area contributed by atoms with Crippen LogP contribution in [0.5, 0.6) is 0 Å². The summed E-state index contributed by atoms with van der Waals surface area (Å²) in [5.74, 6) is 3.84. The zero-order valence-corrected chi connectivity index (χ0v) is 18.2. The third kappa shape index (κ3) is 6.65. The SMILES string of the molecule is CCCCCC1CCC(c2ccc(CC3CCC(CCC)CC3)cc2)CC1. The maximum Gasteiger partial charge on any atom is -0.0162 e. The van der Waals surface area contributed by atoms with Gasteiger partial charge in [-0.25, -0.2) is 0 Å². The molecule has 0 spiro atoms. The largest absolute Gasteiger partial charge is 0.0654 e. The molecule has 0 amide bonds. The normalized spacial score (nSPS) is 29.0. The second kappa shape index (κ2) is 11.3. The van der Waals surface area contributed by atoms with Gasteiger partial charge in [-0.3, -0.25) is 0 Å². The summed E-state index contributed by atoms with van der Waals surface area (Å²) in [6, 6.07) is 9.86. The smallest absolute Gasteiger partial charge is 0.0162 e. The lowest BCUT2D eigenvalue weighted by molar-refractivity contribution is 0.261. The minimum Gasteiger partial charge on any atom is -0.0654 e. The van der Waals surface area contributed by atoms with Crippen molar-refractivity contribution in [1.82, 2.24) is 0 Å². The summed E-state index contributed by atoms with van der Waals surface area (Å²) in [7, 11) is 0. The summed E-state index contributed by atoms with van der Waals surface area (Å²) in [4.78, 5) is 0. The Bertz CT molecular complexity index is 497. The monoisotopic (exact) mass is 368 g/mol. The fraction of sp³-hybridized carbons (Fsp3) is 0.778. The van der Waals surface area contributed by atoms with Crippen molar-refractivity contribution in [3.63, 3.8) is 0 Å². The van der Waals surface area contributed by atoms with Gasteiger partial charge in [0.2, 0.25) is 0 Å². The van der Waals surface area contributed by atoms with E-state index in [1.807, 2.05) is 0 Å². The summed E-state index contributed by atoms with van der Waals surface area (Å²) < 4.78 is 0. The molecule has 0 heterocycles. The molecule has 0 saturated heterocycles. The minimum absolute atomic E-state index is 0.839. The van der Waals surface area contributed by atoms with E-state index in [4.69, 9.17) is 0 Å². The Labute approximate surface area is 169 Å². The molecule has 0 unspecified atom stereocenters. The molecular formula is C27H44. The molecule has 0 heteroatoms. The van der Waals surface area contributed by atoms with Gasteiger partial charge in [0.05, 0.1) is 0 Å². The van der Waals surface area contributed by atoms with Crippen molar-refractivity contribution < 1.29 is 0 Å². The second-order valence-electron chi connectivity index (χ2n) is 9.83. The standard InChI is InChI=1S/C27H44/c1-3-5-6-8-23-13-17-26(18-14-23)27-19-15-25(16-20-27)21-24-11-9-22(7-4-2)10-12-24/h15-16,19-20,22-24,26H,3-14,17-18,21H2,1-2H3. The Kier molecular flexibility index (Phi) is 8.75. The first kappa shape index (κ1) is 20.9.